The Morgan fingerprint density at radius 3 is 2.26 bits per heavy atom. The summed E-state index contributed by atoms with van der Waals surface area (Å²) in [6.45, 7) is -0.760. The maximum Gasteiger partial charge on any atom is 0.434 e. The van der Waals surface area contributed by atoms with Crippen molar-refractivity contribution in [3.05, 3.63) is 71.7 Å². The number of H-pyrrole nitrogens is 1. The van der Waals surface area contributed by atoms with Crippen molar-refractivity contribution < 1.29 is 35.5 Å². The lowest BCUT2D eigenvalue weighted by atomic mass is 10.1. The predicted octanol–water partition coefficient (Wildman–Crippen LogP) is 4.69. The van der Waals surface area contributed by atoms with Gasteiger partial charge in [0.1, 0.15) is 5.82 Å². The summed E-state index contributed by atoms with van der Waals surface area (Å²) in [5.74, 6) is -2.71. The molecule has 11 heteroatoms. The second-order valence-corrected chi connectivity index (χ2v) is 6.75. The number of carbonyl (C=O) groups excluding carboxylic acids is 1. The fourth-order valence-electron chi connectivity index (χ4n) is 3.14. The summed E-state index contributed by atoms with van der Waals surface area (Å²) in [7, 11) is 0. The lowest BCUT2D eigenvalue weighted by Crippen LogP contribution is -2.75. The van der Waals surface area contributed by atoms with E-state index >= 15 is 0 Å². The highest BCUT2D eigenvalue weighted by Crippen LogP contribution is 2.41. The van der Waals surface area contributed by atoms with E-state index in [0.29, 0.717) is 22.5 Å². The first kappa shape index (κ1) is 22.6. The van der Waals surface area contributed by atoms with Crippen LogP contribution >= 0.6 is 0 Å². The Morgan fingerprint density at radius 1 is 0.935 bits per heavy atom. The van der Waals surface area contributed by atoms with Crippen LogP contribution in [0.2, 0.25) is 0 Å². The molecule has 1 heterocycles. The summed E-state index contributed by atoms with van der Waals surface area (Å²) >= 11 is 0. The Labute approximate surface area is 171 Å². The first-order valence-electron chi connectivity index (χ1n) is 8.96. The second-order valence-electron chi connectivity index (χ2n) is 6.75. The summed E-state index contributed by atoms with van der Waals surface area (Å²) in [4.78, 5) is 15.0. The van der Waals surface area contributed by atoms with Gasteiger partial charge in [-0.1, -0.05) is 24.3 Å². The van der Waals surface area contributed by atoms with Gasteiger partial charge in [-0.2, -0.15) is 26.3 Å². The molecule has 3 aromatic rings. The van der Waals surface area contributed by atoms with Crippen molar-refractivity contribution in [1.29, 1.82) is 0 Å². The van der Waals surface area contributed by atoms with Gasteiger partial charge in [0.15, 0.2) is 0 Å². The highest BCUT2D eigenvalue weighted by atomic mass is 19.4. The third kappa shape index (κ3) is 4.50. The molecule has 1 aromatic heterocycles. The van der Waals surface area contributed by atoms with E-state index < -0.39 is 41.8 Å². The Bertz CT molecular complexity index is 1060. The molecule has 1 amide bonds. The van der Waals surface area contributed by atoms with Crippen LogP contribution in [0.5, 0.6) is 0 Å². The van der Waals surface area contributed by atoms with E-state index in [0.717, 1.165) is 23.5 Å². The van der Waals surface area contributed by atoms with Crippen LogP contribution in [0.1, 0.15) is 15.9 Å². The van der Waals surface area contributed by atoms with E-state index in [9.17, 15) is 35.5 Å². The molecule has 0 fully saturated rings. The summed E-state index contributed by atoms with van der Waals surface area (Å²) in [6, 6.07) is 10.1. The van der Waals surface area contributed by atoms with Gasteiger partial charge in [-0.3, -0.25) is 10.1 Å². The number of nitrogens with one attached hydrogen (secondary N) is 3. The summed E-state index contributed by atoms with van der Waals surface area (Å²) < 4.78 is 95.3. The minimum absolute atomic E-state index is 0.187. The SMILES string of the molecule is O=C(NC(NCCc1c[nH]c2ccccc12)(C(F)(F)F)C(F)(F)F)c1cccc(F)c1. The van der Waals surface area contributed by atoms with Crippen molar-refractivity contribution >= 4 is 16.8 Å². The number of para-hydroxylation sites is 1. The standard InChI is InChI=1S/C20H16F7N3O/c21-14-5-3-4-12(10-14)17(31)30-18(19(22,23)24,20(25,26)27)29-9-8-13-11-28-16-7-2-1-6-15(13)16/h1-7,10-11,28-29H,8-9H2,(H,30,31). The molecular formula is C20H16F7N3O. The normalized spacial score (nSPS) is 12.9. The third-order valence-corrected chi connectivity index (χ3v) is 4.70. The molecular weight excluding hydrogens is 431 g/mol. The number of aromatic amines is 1. The van der Waals surface area contributed by atoms with E-state index in [2.05, 4.69) is 4.98 Å². The van der Waals surface area contributed by atoms with Gasteiger partial charge in [0.05, 0.1) is 0 Å². The topological polar surface area (TPSA) is 56.9 Å². The molecule has 0 saturated heterocycles. The number of alkyl halides is 6. The van der Waals surface area contributed by atoms with Crippen LogP contribution in [0.25, 0.3) is 10.9 Å². The fraction of sp³-hybridized carbons (Fsp3) is 0.250. The monoisotopic (exact) mass is 447 g/mol. The van der Waals surface area contributed by atoms with E-state index in [1.165, 1.54) is 11.5 Å². The van der Waals surface area contributed by atoms with Gasteiger partial charge >= 0.3 is 12.4 Å². The Balaban J connectivity index is 1.87. The maximum atomic E-state index is 13.7. The average molecular weight is 447 g/mol. The molecule has 0 saturated carbocycles. The minimum Gasteiger partial charge on any atom is -0.361 e. The van der Waals surface area contributed by atoms with Crippen molar-refractivity contribution in [3.8, 4) is 0 Å². The number of aromatic nitrogens is 1. The maximum absolute atomic E-state index is 13.7. The number of benzene rings is 2. The molecule has 2 aromatic carbocycles. The quantitative estimate of drug-likeness (QED) is 0.379. The number of amides is 1. The number of rotatable bonds is 6. The molecule has 3 rings (SSSR count). The van der Waals surface area contributed by atoms with Gasteiger partial charge < -0.3 is 10.3 Å². The zero-order valence-electron chi connectivity index (χ0n) is 15.7. The van der Waals surface area contributed by atoms with E-state index in [1.54, 1.807) is 24.3 Å². The largest absolute Gasteiger partial charge is 0.434 e. The van der Waals surface area contributed by atoms with Gasteiger partial charge in [-0.15, -0.1) is 0 Å². The van der Waals surface area contributed by atoms with Crippen LogP contribution in [0, 0.1) is 5.82 Å². The molecule has 0 aliphatic heterocycles. The van der Waals surface area contributed by atoms with Crippen LogP contribution in [0.3, 0.4) is 0 Å². The highest BCUT2D eigenvalue weighted by molar-refractivity contribution is 5.94. The average Bonchev–Trinajstić information content (AvgIpc) is 3.08. The van der Waals surface area contributed by atoms with Gasteiger partial charge in [-0.25, -0.2) is 4.39 Å². The van der Waals surface area contributed by atoms with Gasteiger partial charge in [0.25, 0.3) is 11.6 Å². The Hall–Kier alpha value is -3.08. The first-order chi connectivity index (χ1) is 14.4. The third-order valence-electron chi connectivity index (χ3n) is 4.70. The molecule has 166 valence electrons. The zero-order chi connectivity index (χ0) is 22.9. The van der Waals surface area contributed by atoms with E-state index in [1.807, 2.05) is 0 Å². The lowest BCUT2D eigenvalue weighted by Gasteiger charge is -2.38. The van der Waals surface area contributed by atoms with Crippen molar-refractivity contribution in [3.63, 3.8) is 0 Å². The molecule has 31 heavy (non-hydrogen) atoms. The molecule has 0 spiro atoms. The first-order valence-corrected chi connectivity index (χ1v) is 8.96. The smallest absolute Gasteiger partial charge is 0.361 e. The van der Waals surface area contributed by atoms with Crippen molar-refractivity contribution in [2.45, 2.75) is 24.4 Å². The number of fused-ring (bicyclic) bond motifs is 1. The summed E-state index contributed by atoms with van der Waals surface area (Å²) in [5.41, 5.74) is -4.24. The van der Waals surface area contributed by atoms with Crippen LogP contribution in [0.4, 0.5) is 30.7 Å². The number of hydrogen-bond donors (Lipinski definition) is 3. The minimum atomic E-state index is -5.94. The fourth-order valence-corrected chi connectivity index (χ4v) is 3.14. The van der Waals surface area contributed by atoms with Crippen molar-refractivity contribution in [2.75, 3.05) is 6.54 Å². The summed E-state index contributed by atoms with van der Waals surface area (Å²) in [6.07, 6.45) is -10.6. The molecule has 0 aliphatic carbocycles. The number of hydrogen-bond acceptors (Lipinski definition) is 2. The molecule has 0 unspecified atom stereocenters. The van der Waals surface area contributed by atoms with Gasteiger partial charge in [-0.05, 0) is 36.2 Å². The number of halogens is 7. The molecule has 0 radical (unpaired) electrons. The lowest BCUT2D eigenvalue weighted by molar-refractivity contribution is -0.314. The molecule has 0 bridgehead atoms. The summed E-state index contributed by atoms with van der Waals surface area (Å²) in [5, 5.41) is 3.09. The van der Waals surface area contributed by atoms with Crippen LogP contribution < -0.4 is 10.6 Å². The number of carbonyl (C=O) groups is 1. The Kier molecular flexibility index (Phi) is 5.99. The van der Waals surface area contributed by atoms with Crippen LogP contribution in [-0.2, 0) is 6.42 Å². The van der Waals surface area contributed by atoms with Crippen LogP contribution in [0.15, 0.2) is 54.7 Å². The van der Waals surface area contributed by atoms with Crippen LogP contribution in [-0.4, -0.2) is 35.5 Å². The second kappa shape index (κ2) is 8.22. The molecule has 0 aliphatic rings. The molecule has 3 N–H and O–H groups in total. The highest BCUT2D eigenvalue weighted by Gasteiger charge is 2.72. The van der Waals surface area contributed by atoms with Crippen molar-refractivity contribution in [2.24, 2.45) is 0 Å². The van der Waals surface area contributed by atoms with Gasteiger partial charge in [0, 0.05) is 29.2 Å². The molecule has 4 nitrogen and oxygen atoms in total. The van der Waals surface area contributed by atoms with E-state index in [4.69, 9.17) is 0 Å². The van der Waals surface area contributed by atoms with Crippen molar-refractivity contribution in [1.82, 2.24) is 15.6 Å². The molecule has 0 atom stereocenters. The van der Waals surface area contributed by atoms with E-state index in [-0.39, 0.29) is 6.42 Å². The van der Waals surface area contributed by atoms with Gasteiger partial charge in [0.2, 0.25) is 0 Å². The Morgan fingerprint density at radius 2 is 1.61 bits per heavy atom. The zero-order valence-corrected chi connectivity index (χ0v) is 15.7. The predicted molar refractivity (Wildman–Crippen MR) is 98.7 cm³/mol.